The molecule has 0 saturated carbocycles. The van der Waals surface area contributed by atoms with Crippen LogP contribution >= 0.6 is 12.2 Å². The lowest BCUT2D eigenvalue weighted by molar-refractivity contribution is -0.156. The molecule has 0 aromatic rings. The van der Waals surface area contributed by atoms with Crippen LogP contribution in [0.5, 0.6) is 0 Å². The first-order valence-corrected chi connectivity index (χ1v) is 5.42. The van der Waals surface area contributed by atoms with Crippen molar-refractivity contribution in [3.05, 3.63) is 12.3 Å². The number of carbonyl (C=O) groups excluding carboxylic acids is 1. The summed E-state index contributed by atoms with van der Waals surface area (Å²) in [7, 11) is 2.87. The molecule has 0 spiro atoms. The third-order valence-electron chi connectivity index (χ3n) is 2.12. The number of carbonyl (C=O) groups is 1. The van der Waals surface area contributed by atoms with E-state index in [4.69, 9.17) is 5.11 Å². The highest BCUT2D eigenvalue weighted by Gasteiger charge is 2.27. The number of rotatable bonds is 8. The fourth-order valence-corrected chi connectivity index (χ4v) is 1.08. The zero-order chi connectivity index (χ0) is 13.3. The molecule has 1 amide bonds. The second kappa shape index (κ2) is 8.10. The van der Waals surface area contributed by atoms with Gasteiger partial charge in [-0.25, -0.2) is 4.39 Å². The number of hydrogen-bond donors (Lipinski definition) is 2. The summed E-state index contributed by atoms with van der Waals surface area (Å²) in [5, 5.41) is 11.1. The van der Waals surface area contributed by atoms with E-state index in [1.165, 1.54) is 19.4 Å². The van der Waals surface area contributed by atoms with E-state index < -0.39 is 12.5 Å². The van der Waals surface area contributed by atoms with Crippen molar-refractivity contribution in [3.63, 3.8) is 0 Å². The largest absolute Gasteiger partial charge is 0.390 e. The van der Waals surface area contributed by atoms with Crippen LogP contribution in [0.15, 0.2) is 12.3 Å². The van der Waals surface area contributed by atoms with Crippen LogP contribution < -0.4 is 5.32 Å². The molecular formula is C10H17FN2O3S. The van der Waals surface area contributed by atoms with E-state index in [1.807, 2.05) is 0 Å². The fraction of sp³-hybridized carbons (Fsp3) is 0.600. The Morgan fingerprint density at radius 2 is 2.35 bits per heavy atom. The van der Waals surface area contributed by atoms with Crippen LogP contribution in [0.4, 0.5) is 4.39 Å². The van der Waals surface area contributed by atoms with Crippen molar-refractivity contribution < 1.29 is 19.0 Å². The Bertz CT molecular complexity index is 283. The molecule has 5 nitrogen and oxygen atoms in total. The fourth-order valence-electron chi connectivity index (χ4n) is 0.965. The summed E-state index contributed by atoms with van der Waals surface area (Å²) >= 11 is 4.44. The van der Waals surface area contributed by atoms with Crippen LogP contribution in [0, 0.1) is 0 Å². The van der Waals surface area contributed by atoms with Gasteiger partial charge in [0, 0.05) is 39.4 Å². The number of nitrogens with zero attached hydrogens (tertiary/aromatic N) is 1. The number of thiocarbonyl (C=S) groups is 1. The number of aliphatic hydroxyl groups excluding tert-OH is 1. The molecule has 0 aromatic heterocycles. The Balaban J connectivity index is 4.06. The zero-order valence-electron chi connectivity index (χ0n) is 9.85. The first-order chi connectivity index (χ1) is 7.97. The van der Waals surface area contributed by atoms with Crippen LogP contribution in [0.2, 0.25) is 0 Å². The van der Waals surface area contributed by atoms with E-state index in [0.29, 0.717) is 6.54 Å². The summed E-state index contributed by atoms with van der Waals surface area (Å²) in [6, 6.07) is 0. The minimum atomic E-state index is -2.04. The molecule has 7 heteroatoms. The molecule has 0 aliphatic heterocycles. The van der Waals surface area contributed by atoms with E-state index in [2.05, 4.69) is 22.3 Å². The maximum absolute atomic E-state index is 13.5. The van der Waals surface area contributed by atoms with E-state index in [1.54, 1.807) is 11.9 Å². The molecule has 17 heavy (non-hydrogen) atoms. The van der Waals surface area contributed by atoms with Gasteiger partial charge in [0.25, 0.3) is 0 Å². The van der Waals surface area contributed by atoms with Crippen LogP contribution in [-0.2, 0) is 9.53 Å². The Morgan fingerprint density at radius 1 is 1.71 bits per heavy atom. The van der Waals surface area contributed by atoms with Gasteiger partial charge >= 0.3 is 0 Å². The second-order valence-corrected chi connectivity index (χ2v) is 3.65. The Morgan fingerprint density at radius 3 is 2.82 bits per heavy atom. The van der Waals surface area contributed by atoms with Crippen molar-refractivity contribution in [1.82, 2.24) is 10.2 Å². The predicted molar refractivity (Wildman–Crippen MR) is 66.1 cm³/mol. The average molecular weight is 264 g/mol. The molecule has 0 heterocycles. The lowest BCUT2D eigenvalue weighted by Gasteiger charge is -2.23. The molecule has 2 N–H and O–H groups in total. The number of alkyl halides is 1. The predicted octanol–water partition coefficient (Wildman–Crippen LogP) is 0.200. The number of nitrogens with one attached hydrogen (secondary N) is 1. The zero-order valence-corrected chi connectivity index (χ0v) is 10.7. The molecule has 98 valence electrons. The normalized spacial score (nSPS) is 14.4. The topological polar surface area (TPSA) is 61.8 Å². The molecule has 0 radical (unpaired) electrons. The summed E-state index contributed by atoms with van der Waals surface area (Å²) in [5.41, 5.74) is 1.11. The third kappa shape index (κ3) is 6.98. The number of halogens is 1. The summed E-state index contributed by atoms with van der Waals surface area (Å²) in [4.78, 5) is 12.6. The maximum Gasteiger partial charge on any atom is 0.249 e. The average Bonchev–Trinajstić information content (AvgIpc) is 2.34. The molecule has 0 saturated heterocycles. The molecule has 0 fully saturated rings. The molecule has 0 aliphatic rings. The first kappa shape index (κ1) is 16.0. The molecular weight excluding hydrogens is 247 g/mol. The minimum absolute atomic E-state index is 0.00434. The lowest BCUT2D eigenvalue weighted by atomic mass is 10.2. The van der Waals surface area contributed by atoms with Crippen LogP contribution in [0.3, 0.4) is 0 Å². The summed E-state index contributed by atoms with van der Waals surface area (Å²) < 4.78 is 18.0. The Labute approximate surface area is 105 Å². The number of methoxy groups -OCH3 is 1. The highest BCUT2D eigenvalue weighted by Crippen LogP contribution is 2.16. The highest BCUT2D eigenvalue weighted by atomic mass is 32.1. The van der Waals surface area contributed by atoms with Crippen molar-refractivity contribution >= 4 is 23.6 Å². The van der Waals surface area contributed by atoms with E-state index in [-0.39, 0.29) is 12.3 Å². The van der Waals surface area contributed by atoms with Gasteiger partial charge in [-0.15, -0.1) is 0 Å². The van der Waals surface area contributed by atoms with Crippen molar-refractivity contribution in [2.45, 2.75) is 12.3 Å². The minimum Gasteiger partial charge on any atom is -0.390 e. The third-order valence-corrected chi connectivity index (χ3v) is 2.24. The van der Waals surface area contributed by atoms with Crippen LogP contribution in [0.1, 0.15) is 6.42 Å². The van der Waals surface area contributed by atoms with E-state index in [0.717, 1.165) is 5.49 Å². The maximum atomic E-state index is 13.5. The van der Waals surface area contributed by atoms with Gasteiger partial charge in [0.15, 0.2) is 0 Å². The molecule has 1 unspecified atom stereocenters. The number of hydrogen-bond acceptors (Lipinski definition) is 5. The van der Waals surface area contributed by atoms with Gasteiger partial charge < -0.3 is 20.1 Å². The molecule has 0 bridgehead atoms. The van der Waals surface area contributed by atoms with Gasteiger partial charge in [-0.3, -0.25) is 4.79 Å². The van der Waals surface area contributed by atoms with Gasteiger partial charge in [-0.05, 0) is 0 Å². The van der Waals surface area contributed by atoms with Gasteiger partial charge in [-0.1, -0.05) is 12.2 Å². The Kier molecular flexibility index (Phi) is 7.60. The standard InChI is InChI=1S/C10H17FN2O3S/c1-13(5-3-9(15)12-8-17)6-4-10(11,7-14)16-2/h3,5,8,14H,4,6-7H2,1-2H3,(H,12,15,17)/b5-3-. The monoisotopic (exact) mass is 264 g/mol. The second-order valence-electron chi connectivity index (χ2n) is 3.42. The number of amides is 1. The van der Waals surface area contributed by atoms with E-state index in [9.17, 15) is 9.18 Å². The summed E-state index contributed by atoms with van der Waals surface area (Å²) in [6.07, 6.45) is 2.76. The van der Waals surface area contributed by atoms with Gasteiger partial charge in [0.05, 0.1) is 5.49 Å². The first-order valence-electron chi connectivity index (χ1n) is 4.95. The lowest BCUT2D eigenvalue weighted by Crippen LogP contribution is -2.34. The van der Waals surface area contributed by atoms with Gasteiger partial charge in [0.2, 0.25) is 11.8 Å². The summed E-state index contributed by atoms with van der Waals surface area (Å²) in [6.45, 7) is -0.404. The Hall–Kier alpha value is -1.05. The van der Waals surface area contributed by atoms with E-state index >= 15 is 0 Å². The SMILES string of the molecule is COC(F)(CO)CCN(C)/C=C\C(=O)NC=S. The summed E-state index contributed by atoms with van der Waals surface area (Å²) in [5.74, 6) is -2.40. The molecule has 0 aliphatic carbocycles. The molecule has 0 rings (SSSR count). The van der Waals surface area contributed by atoms with Crippen molar-refractivity contribution in [1.29, 1.82) is 0 Å². The van der Waals surface area contributed by atoms with Crippen molar-refractivity contribution in [2.24, 2.45) is 0 Å². The van der Waals surface area contributed by atoms with Gasteiger partial charge in [0.1, 0.15) is 6.61 Å². The van der Waals surface area contributed by atoms with Crippen LogP contribution in [-0.4, -0.2) is 54.6 Å². The van der Waals surface area contributed by atoms with Crippen LogP contribution in [0.25, 0.3) is 0 Å². The van der Waals surface area contributed by atoms with Crippen molar-refractivity contribution in [3.8, 4) is 0 Å². The highest BCUT2D eigenvalue weighted by molar-refractivity contribution is 7.78. The molecule has 0 aromatic carbocycles. The number of ether oxygens (including phenoxy) is 1. The quantitative estimate of drug-likeness (QED) is 0.484. The van der Waals surface area contributed by atoms with Crippen molar-refractivity contribution in [2.75, 3.05) is 27.3 Å². The van der Waals surface area contributed by atoms with Gasteiger partial charge in [-0.2, -0.15) is 0 Å². The number of aliphatic hydroxyl groups is 1. The molecule has 1 atom stereocenters. The smallest absolute Gasteiger partial charge is 0.249 e.